The second-order valence-corrected chi connectivity index (χ2v) is 9.91. The SMILES string of the molecule is Cc1cc(C(C)Nc2ccccc2C(=O)O)c2oc(N3CCC(c4ccncc4)C3)cc(=O)c2c1.O=C(O)C(F)(F)F. The Balaban J connectivity index is 0.000000517. The normalized spacial score (nSPS) is 15.5. The molecule has 42 heavy (non-hydrogen) atoms. The molecule has 0 saturated carbocycles. The molecule has 2 aromatic heterocycles. The second kappa shape index (κ2) is 12.3. The van der Waals surface area contributed by atoms with Gasteiger partial charge in [0, 0.05) is 48.7 Å². The van der Waals surface area contributed by atoms with E-state index < -0.39 is 18.1 Å². The van der Waals surface area contributed by atoms with Crippen molar-refractivity contribution in [3.05, 3.63) is 99.5 Å². The zero-order valence-corrected chi connectivity index (χ0v) is 22.7. The van der Waals surface area contributed by atoms with Gasteiger partial charge in [0.05, 0.1) is 17.0 Å². The Morgan fingerprint density at radius 1 is 1.10 bits per heavy atom. The summed E-state index contributed by atoms with van der Waals surface area (Å²) < 4.78 is 38.1. The predicted molar refractivity (Wildman–Crippen MR) is 150 cm³/mol. The molecule has 9 nitrogen and oxygen atoms in total. The minimum Gasteiger partial charge on any atom is -0.478 e. The Bertz CT molecular complexity index is 1660. The molecule has 5 rings (SSSR count). The van der Waals surface area contributed by atoms with Crippen molar-refractivity contribution in [3.63, 3.8) is 0 Å². The molecule has 0 aliphatic carbocycles. The standard InChI is InChI=1S/C28H27N3O4.C2HF3O2/c1-17-13-22(18(2)30-24-6-4-3-5-21(24)28(33)34)27-23(14-17)25(32)15-26(35-27)31-12-9-20(16-31)19-7-10-29-11-8-19;3-2(4,5)1(6)7/h3-8,10-11,13-15,18,20,30H,9,12,16H2,1-2H3,(H,33,34);(H,6,7). The largest absolute Gasteiger partial charge is 0.490 e. The number of aromatic nitrogens is 1. The first kappa shape index (κ1) is 30.1. The van der Waals surface area contributed by atoms with Gasteiger partial charge in [0.1, 0.15) is 5.58 Å². The van der Waals surface area contributed by atoms with Gasteiger partial charge in [0.15, 0.2) is 11.3 Å². The summed E-state index contributed by atoms with van der Waals surface area (Å²) in [6, 6.07) is 16.0. The minimum atomic E-state index is -5.08. The van der Waals surface area contributed by atoms with E-state index in [1.54, 1.807) is 42.7 Å². The summed E-state index contributed by atoms with van der Waals surface area (Å²) in [6.45, 7) is 5.44. The maximum Gasteiger partial charge on any atom is 0.490 e. The first-order chi connectivity index (χ1) is 19.8. The number of carboxylic acids is 2. The van der Waals surface area contributed by atoms with Crippen molar-refractivity contribution in [2.45, 2.75) is 38.4 Å². The number of fused-ring (bicyclic) bond motifs is 1. The van der Waals surface area contributed by atoms with E-state index in [9.17, 15) is 27.9 Å². The summed E-state index contributed by atoms with van der Waals surface area (Å²) in [6.07, 6.45) is -0.504. The lowest BCUT2D eigenvalue weighted by Crippen LogP contribution is -2.21. The Labute approximate surface area is 238 Å². The lowest BCUT2D eigenvalue weighted by atomic mass is 10.00. The Morgan fingerprint density at radius 2 is 1.76 bits per heavy atom. The molecule has 12 heteroatoms. The summed E-state index contributed by atoms with van der Waals surface area (Å²) in [7, 11) is 0. The number of rotatable bonds is 6. The van der Waals surface area contributed by atoms with Crippen LogP contribution in [0.5, 0.6) is 0 Å². The maximum atomic E-state index is 13.1. The van der Waals surface area contributed by atoms with Crippen LogP contribution in [-0.2, 0) is 4.79 Å². The summed E-state index contributed by atoms with van der Waals surface area (Å²) in [4.78, 5) is 39.9. The van der Waals surface area contributed by atoms with Gasteiger partial charge in [0.25, 0.3) is 0 Å². The van der Waals surface area contributed by atoms with Crippen LogP contribution in [0.3, 0.4) is 0 Å². The van der Waals surface area contributed by atoms with E-state index in [1.165, 1.54) is 5.56 Å². The third-order valence-corrected chi connectivity index (χ3v) is 6.90. The van der Waals surface area contributed by atoms with E-state index in [4.69, 9.17) is 14.3 Å². The van der Waals surface area contributed by atoms with Crippen molar-refractivity contribution in [3.8, 4) is 0 Å². The van der Waals surface area contributed by atoms with Crippen LogP contribution in [0.4, 0.5) is 24.7 Å². The summed E-state index contributed by atoms with van der Waals surface area (Å²) in [5, 5.41) is 20.5. The Hall–Kier alpha value is -4.87. The van der Waals surface area contributed by atoms with Gasteiger partial charge in [-0.2, -0.15) is 13.2 Å². The van der Waals surface area contributed by atoms with Crippen molar-refractivity contribution < 1.29 is 37.4 Å². The van der Waals surface area contributed by atoms with Crippen LogP contribution in [-0.4, -0.2) is 46.4 Å². The van der Waals surface area contributed by atoms with Crippen LogP contribution in [0.15, 0.2) is 76.2 Å². The van der Waals surface area contributed by atoms with Gasteiger partial charge in [-0.15, -0.1) is 0 Å². The first-order valence-corrected chi connectivity index (χ1v) is 13.0. The highest BCUT2D eigenvalue weighted by Crippen LogP contribution is 2.34. The maximum absolute atomic E-state index is 13.1. The van der Waals surface area contributed by atoms with Gasteiger partial charge < -0.3 is 24.8 Å². The number of pyridine rings is 1. The number of para-hydroxylation sites is 1. The quantitative estimate of drug-likeness (QED) is 0.250. The van der Waals surface area contributed by atoms with Crippen LogP contribution < -0.4 is 15.6 Å². The molecule has 220 valence electrons. The van der Waals surface area contributed by atoms with Gasteiger partial charge in [-0.3, -0.25) is 9.78 Å². The van der Waals surface area contributed by atoms with Crippen molar-refractivity contribution in [1.82, 2.24) is 4.98 Å². The third kappa shape index (κ3) is 6.88. The van der Waals surface area contributed by atoms with Gasteiger partial charge in [0.2, 0.25) is 0 Å². The number of halogens is 3. The molecule has 3 N–H and O–H groups in total. The van der Waals surface area contributed by atoms with Crippen molar-refractivity contribution in [2.24, 2.45) is 0 Å². The van der Waals surface area contributed by atoms with Gasteiger partial charge in [-0.25, -0.2) is 9.59 Å². The lowest BCUT2D eigenvalue weighted by molar-refractivity contribution is -0.192. The number of carbonyl (C=O) groups is 2. The molecule has 0 spiro atoms. The van der Waals surface area contributed by atoms with Gasteiger partial charge >= 0.3 is 18.1 Å². The number of hydrogen-bond acceptors (Lipinski definition) is 7. The molecular weight excluding hydrogens is 555 g/mol. The van der Waals surface area contributed by atoms with Crippen molar-refractivity contribution >= 4 is 34.5 Å². The number of hydrogen-bond donors (Lipinski definition) is 3. The van der Waals surface area contributed by atoms with Gasteiger partial charge in [-0.1, -0.05) is 18.2 Å². The van der Waals surface area contributed by atoms with E-state index in [-0.39, 0.29) is 17.0 Å². The third-order valence-electron chi connectivity index (χ3n) is 6.90. The van der Waals surface area contributed by atoms with Crippen LogP contribution in [0.1, 0.15) is 52.4 Å². The number of aromatic carboxylic acids is 1. The fourth-order valence-corrected chi connectivity index (χ4v) is 4.87. The molecule has 3 heterocycles. The highest BCUT2D eigenvalue weighted by atomic mass is 19.4. The number of nitrogens with zero attached hydrogens (tertiary/aromatic N) is 2. The van der Waals surface area contributed by atoms with E-state index in [0.29, 0.717) is 28.5 Å². The average Bonchev–Trinajstić information content (AvgIpc) is 3.44. The van der Waals surface area contributed by atoms with Crippen LogP contribution in [0.2, 0.25) is 0 Å². The zero-order chi connectivity index (χ0) is 30.6. The smallest absolute Gasteiger partial charge is 0.478 e. The summed E-state index contributed by atoms with van der Waals surface area (Å²) in [5.74, 6) is -2.85. The summed E-state index contributed by atoms with van der Waals surface area (Å²) in [5.41, 5.74) is 4.13. The van der Waals surface area contributed by atoms with E-state index in [0.717, 1.165) is 30.6 Å². The molecule has 1 fully saturated rings. The predicted octanol–water partition coefficient (Wildman–Crippen LogP) is 5.99. The summed E-state index contributed by atoms with van der Waals surface area (Å²) >= 11 is 0. The number of benzene rings is 2. The average molecular weight is 584 g/mol. The molecule has 1 aliphatic rings. The van der Waals surface area contributed by atoms with Gasteiger partial charge in [-0.05, 0) is 61.7 Å². The molecule has 2 aromatic carbocycles. The number of aryl methyl sites for hydroxylation is 1. The molecule has 1 saturated heterocycles. The number of carboxylic acid groups (broad SMARTS) is 2. The molecular formula is C30H28F3N3O6. The highest BCUT2D eigenvalue weighted by molar-refractivity contribution is 5.94. The fraction of sp³-hybridized carbons (Fsp3) is 0.267. The minimum absolute atomic E-state index is 0.0864. The Kier molecular flexibility index (Phi) is 8.84. The van der Waals surface area contributed by atoms with Crippen LogP contribution in [0, 0.1) is 6.92 Å². The van der Waals surface area contributed by atoms with E-state index in [1.807, 2.05) is 38.1 Å². The lowest BCUT2D eigenvalue weighted by Gasteiger charge is -2.21. The fourth-order valence-electron chi connectivity index (χ4n) is 4.87. The van der Waals surface area contributed by atoms with Crippen molar-refractivity contribution in [2.75, 3.05) is 23.3 Å². The van der Waals surface area contributed by atoms with E-state index in [2.05, 4.69) is 15.2 Å². The number of aliphatic carboxylic acids is 1. The number of anilines is 2. The van der Waals surface area contributed by atoms with Crippen molar-refractivity contribution in [1.29, 1.82) is 0 Å². The molecule has 4 aromatic rings. The molecule has 2 unspecified atom stereocenters. The molecule has 0 amide bonds. The molecule has 1 aliphatic heterocycles. The Morgan fingerprint density at radius 3 is 2.40 bits per heavy atom. The monoisotopic (exact) mass is 583 g/mol. The zero-order valence-electron chi connectivity index (χ0n) is 22.7. The van der Waals surface area contributed by atoms with E-state index >= 15 is 0 Å². The first-order valence-electron chi connectivity index (χ1n) is 13.0. The van der Waals surface area contributed by atoms with Crippen LogP contribution in [0.25, 0.3) is 11.0 Å². The molecule has 2 atom stereocenters. The second-order valence-electron chi connectivity index (χ2n) is 9.91. The highest BCUT2D eigenvalue weighted by Gasteiger charge is 2.38. The number of alkyl halides is 3. The number of nitrogens with one attached hydrogen (secondary N) is 1. The molecule has 0 bridgehead atoms. The molecule has 0 radical (unpaired) electrons. The van der Waals surface area contributed by atoms with Crippen LogP contribution >= 0.6 is 0 Å². The topological polar surface area (TPSA) is 133 Å².